The molecule has 1 aromatic rings. The van der Waals surface area contributed by atoms with Crippen molar-refractivity contribution in [1.29, 1.82) is 0 Å². The second kappa shape index (κ2) is 4.52. The summed E-state index contributed by atoms with van der Waals surface area (Å²) < 4.78 is 5.62. The van der Waals surface area contributed by atoms with E-state index in [1.54, 1.807) is 12.1 Å². The molecule has 0 radical (unpaired) electrons. The predicted molar refractivity (Wildman–Crippen MR) is 60.0 cm³/mol. The van der Waals surface area contributed by atoms with Gasteiger partial charge >= 0.3 is 0 Å². The normalized spacial score (nSPS) is 27.9. The maximum absolute atomic E-state index is 10.1. The lowest BCUT2D eigenvalue weighted by Crippen LogP contribution is -2.18. The van der Waals surface area contributed by atoms with Crippen molar-refractivity contribution in [2.75, 3.05) is 0 Å². The lowest BCUT2D eigenvalue weighted by molar-refractivity contribution is -0.0297. The van der Waals surface area contributed by atoms with Crippen molar-refractivity contribution in [3.63, 3.8) is 0 Å². The maximum atomic E-state index is 10.1. The van der Waals surface area contributed by atoms with Crippen LogP contribution < -0.4 is 0 Å². The molecular weight excluding hydrogens is 212 g/mol. The van der Waals surface area contributed by atoms with Crippen molar-refractivity contribution >= 4 is 11.6 Å². The van der Waals surface area contributed by atoms with Gasteiger partial charge in [-0.3, -0.25) is 0 Å². The molecule has 2 nitrogen and oxygen atoms in total. The van der Waals surface area contributed by atoms with Crippen molar-refractivity contribution in [3.8, 4) is 0 Å². The molecule has 3 atom stereocenters. The minimum Gasteiger partial charge on any atom is -0.386 e. The van der Waals surface area contributed by atoms with Crippen molar-refractivity contribution in [2.45, 2.75) is 38.1 Å². The number of benzene rings is 1. The summed E-state index contributed by atoms with van der Waals surface area (Å²) in [6.45, 7) is 2.03. The molecule has 0 aromatic heterocycles. The SMILES string of the molecule is CC1CCC(C(O)c2cccc(Cl)c2)O1. The van der Waals surface area contributed by atoms with E-state index in [-0.39, 0.29) is 12.2 Å². The highest BCUT2D eigenvalue weighted by Gasteiger charge is 2.29. The van der Waals surface area contributed by atoms with Gasteiger partial charge in [0, 0.05) is 5.02 Å². The van der Waals surface area contributed by atoms with Crippen LogP contribution in [0.4, 0.5) is 0 Å². The summed E-state index contributed by atoms with van der Waals surface area (Å²) in [6.07, 6.45) is 1.54. The topological polar surface area (TPSA) is 29.5 Å². The molecule has 1 N–H and O–H groups in total. The molecule has 0 bridgehead atoms. The molecule has 0 saturated carbocycles. The van der Waals surface area contributed by atoms with Gasteiger partial charge in [0.15, 0.2) is 0 Å². The van der Waals surface area contributed by atoms with Crippen LogP contribution in [-0.2, 0) is 4.74 Å². The largest absolute Gasteiger partial charge is 0.386 e. The molecule has 3 heteroatoms. The molecular formula is C12H15ClO2. The summed E-state index contributed by atoms with van der Waals surface area (Å²) in [5.74, 6) is 0. The van der Waals surface area contributed by atoms with Gasteiger partial charge in [-0.15, -0.1) is 0 Å². The van der Waals surface area contributed by atoms with E-state index < -0.39 is 6.10 Å². The van der Waals surface area contributed by atoms with Gasteiger partial charge in [-0.05, 0) is 37.5 Å². The third-order valence-electron chi connectivity index (χ3n) is 2.81. The van der Waals surface area contributed by atoms with Crippen molar-refractivity contribution in [1.82, 2.24) is 0 Å². The molecule has 15 heavy (non-hydrogen) atoms. The van der Waals surface area contributed by atoms with Gasteiger partial charge in [0.1, 0.15) is 6.10 Å². The van der Waals surface area contributed by atoms with E-state index >= 15 is 0 Å². The van der Waals surface area contributed by atoms with Gasteiger partial charge in [0.25, 0.3) is 0 Å². The van der Waals surface area contributed by atoms with Crippen molar-refractivity contribution in [3.05, 3.63) is 34.9 Å². The minimum absolute atomic E-state index is 0.0848. The highest BCUT2D eigenvalue weighted by Crippen LogP contribution is 2.30. The van der Waals surface area contributed by atoms with Crippen LogP contribution >= 0.6 is 11.6 Å². The molecule has 1 aliphatic rings. The second-order valence-corrected chi connectivity index (χ2v) is 4.50. The molecule has 1 fully saturated rings. The van der Waals surface area contributed by atoms with Crippen LogP contribution in [0.2, 0.25) is 5.02 Å². The minimum atomic E-state index is -0.561. The summed E-state index contributed by atoms with van der Waals surface area (Å²) in [5, 5.41) is 10.7. The number of hydrogen-bond donors (Lipinski definition) is 1. The van der Waals surface area contributed by atoms with E-state index in [0.717, 1.165) is 18.4 Å². The van der Waals surface area contributed by atoms with E-state index in [1.165, 1.54) is 0 Å². The summed E-state index contributed by atoms with van der Waals surface area (Å²) >= 11 is 5.87. The smallest absolute Gasteiger partial charge is 0.105 e. The van der Waals surface area contributed by atoms with E-state index in [4.69, 9.17) is 16.3 Å². The average Bonchev–Trinajstić information content (AvgIpc) is 2.64. The summed E-state index contributed by atoms with van der Waals surface area (Å²) in [6, 6.07) is 7.32. The maximum Gasteiger partial charge on any atom is 0.105 e. The van der Waals surface area contributed by atoms with Crippen LogP contribution in [0.5, 0.6) is 0 Å². The number of halogens is 1. The lowest BCUT2D eigenvalue weighted by atomic mass is 10.0. The Morgan fingerprint density at radius 3 is 2.87 bits per heavy atom. The van der Waals surface area contributed by atoms with Crippen LogP contribution in [-0.4, -0.2) is 17.3 Å². The Hall–Kier alpha value is -0.570. The molecule has 0 aliphatic carbocycles. The molecule has 82 valence electrons. The van der Waals surface area contributed by atoms with Gasteiger partial charge < -0.3 is 9.84 Å². The first-order valence-electron chi connectivity index (χ1n) is 5.26. The van der Waals surface area contributed by atoms with Crippen LogP contribution in [0, 0.1) is 0 Å². The molecule has 1 heterocycles. The average molecular weight is 227 g/mol. The van der Waals surface area contributed by atoms with Crippen LogP contribution in [0.15, 0.2) is 24.3 Å². The molecule has 1 aliphatic heterocycles. The molecule has 0 amide bonds. The molecule has 1 aromatic carbocycles. The predicted octanol–water partition coefficient (Wildman–Crippen LogP) is 2.94. The van der Waals surface area contributed by atoms with Crippen molar-refractivity contribution < 1.29 is 9.84 Å². The van der Waals surface area contributed by atoms with Crippen LogP contribution in [0.25, 0.3) is 0 Å². The van der Waals surface area contributed by atoms with E-state index in [9.17, 15) is 5.11 Å². The molecule has 3 unspecified atom stereocenters. The third kappa shape index (κ3) is 2.51. The zero-order valence-electron chi connectivity index (χ0n) is 8.69. The number of ether oxygens (including phenoxy) is 1. The van der Waals surface area contributed by atoms with Crippen LogP contribution in [0.3, 0.4) is 0 Å². The highest BCUT2D eigenvalue weighted by atomic mass is 35.5. The zero-order valence-corrected chi connectivity index (χ0v) is 9.45. The Labute approximate surface area is 94.8 Å². The number of aliphatic hydroxyl groups excluding tert-OH is 1. The van der Waals surface area contributed by atoms with Crippen molar-refractivity contribution in [2.24, 2.45) is 0 Å². The van der Waals surface area contributed by atoms with E-state index in [0.29, 0.717) is 5.02 Å². The van der Waals surface area contributed by atoms with Crippen LogP contribution in [0.1, 0.15) is 31.4 Å². The summed E-state index contributed by atoms with van der Waals surface area (Å²) in [7, 11) is 0. The summed E-state index contributed by atoms with van der Waals surface area (Å²) in [4.78, 5) is 0. The Bertz CT molecular complexity index is 340. The first-order chi connectivity index (χ1) is 7.16. The fourth-order valence-corrected chi connectivity index (χ4v) is 2.17. The van der Waals surface area contributed by atoms with E-state index in [1.807, 2.05) is 19.1 Å². The first kappa shape index (κ1) is 10.9. The first-order valence-corrected chi connectivity index (χ1v) is 5.63. The fourth-order valence-electron chi connectivity index (χ4n) is 1.97. The molecule has 2 rings (SSSR count). The van der Waals surface area contributed by atoms with Gasteiger partial charge in [0.2, 0.25) is 0 Å². The Kier molecular flexibility index (Phi) is 3.29. The second-order valence-electron chi connectivity index (χ2n) is 4.06. The number of aliphatic hydroxyl groups is 1. The van der Waals surface area contributed by atoms with Gasteiger partial charge in [0.05, 0.1) is 12.2 Å². The quantitative estimate of drug-likeness (QED) is 0.840. The molecule has 1 saturated heterocycles. The zero-order chi connectivity index (χ0) is 10.8. The fraction of sp³-hybridized carbons (Fsp3) is 0.500. The lowest BCUT2D eigenvalue weighted by Gasteiger charge is -2.18. The number of hydrogen-bond acceptors (Lipinski definition) is 2. The Morgan fingerprint density at radius 1 is 1.47 bits per heavy atom. The molecule has 0 spiro atoms. The van der Waals surface area contributed by atoms with E-state index in [2.05, 4.69) is 0 Å². The summed E-state index contributed by atoms with van der Waals surface area (Å²) in [5.41, 5.74) is 0.835. The third-order valence-corrected chi connectivity index (χ3v) is 3.04. The Morgan fingerprint density at radius 2 is 2.27 bits per heavy atom. The number of rotatable bonds is 2. The monoisotopic (exact) mass is 226 g/mol. The van der Waals surface area contributed by atoms with Gasteiger partial charge in [-0.25, -0.2) is 0 Å². The standard InChI is InChI=1S/C12H15ClO2/c1-8-5-6-11(15-8)12(14)9-3-2-4-10(13)7-9/h2-4,7-8,11-12,14H,5-6H2,1H3. The Balaban J connectivity index is 2.10. The van der Waals surface area contributed by atoms with Gasteiger partial charge in [-0.1, -0.05) is 23.7 Å². The van der Waals surface area contributed by atoms with Gasteiger partial charge in [-0.2, -0.15) is 0 Å². The highest BCUT2D eigenvalue weighted by molar-refractivity contribution is 6.30.